The van der Waals surface area contributed by atoms with Gasteiger partial charge < -0.3 is 4.79 Å². The van der Waals surface area contributed by atoms with Gasteiger partial charge >= 0.3 is 0 Å². The number of carbonyl (C=O) groups is 1. The van der Waals surface area contributed by atoms with Gasteiger partial charge in [-0.3, -0.25) is 0 Å². The normalized spacial score (nSPS) is 33.2. The lowest BCUT2D eigenvalue weighted by Gasteiger charge is -2.35. The van der Waals surface area contributed by atoms with Crippen molar-refractivity contribution in [3.8, 4) is 0 Å². The van der Waals surface area contributed by atoms with Gasteiger partial charge in [-0.05, 0) is 36.8 Å². The molecule has 2 atom stereocenters. The monoisotopic (exact) mass is 278 g/mol. The van der Waals surface area contributed by atoms with E-state index in [1.807, 2.05) is 6.07 Å². The first kappa shape index (κ1) is 10.5. The predicted octanol–water partition coefficient (Wildman–Crippen LogP) is 3.71. The Morgan fingerprint density at radius 3 is 2.56 bits per heavy atom. The zero-order valence-corrected chi connectivity index (χ0v) is 10.7. The second-order valence-corrected chi connectivity index (χ2v) is 5.95. The van der Waals surface area contributed by atoms with Crippen molar-refractivity contribution in [1.29, 1.82) is 0 Å². The van der Waals surface area contributed by atoms with Crippen LogP contribution in [0.1, 0.15) is 31.2 Å². The summed E-state index contributed by atoms with van der Waals surface area (Å²) < 4.78 is 1.17. The quantitative estimate of drug-likeness (QED) is 0.771. The first-order valence-electron chi connectivity index (χ1n) is 5.99. The summed E-state index contributed by atoms with van der Waals surface area (Å²) in [6.07, 6.45) is 6.15. The molecule has 2 saturated carbocycles. The van der Waals surface area contributed by atoms with Crippen molar-refractivity contribution in [3.05, 3.63) is 34.3 Å². The second kappa shape index (κ2) is 3.69. The lowest BCUT2D eigenvalue weighted by molar-refractivity contribution is -0.109. The van der Waals surface area contributed by atoms with Crippen LogP contribution in [0.5, 0.6) is 0 Å². The largest absolute Gasteiger partial charge is 0.303 e. The van der Waals surface area contributed by atoms with Crippen LogP contribution < -0.4 is 0 Å². The van der Waals surface area contributed by atoms with Crippen molar-refractivity contribution in [3.63, 3.8) is 0 Å². The number of aldehydes is 1. The average molecular weight is 279 g/mol. The van der Waals surface area contributed by atoms with E-state index in [1.54, 1.807) is 0 Å². The van der Waals surface area contributed by atoms with Crippen LogP contribution in [0.2, 0.25) is 0 Å². The Hall–Kier alpha value is -0.630. The third-order valence-corrected chi connectivity index (χ3v) is 5.12. The number of halogens is 1. The average Bonchev–Trinajstić information content (AvgIpc) is 2.91. The third-order valence-electron chi connectivity index (χ3n) is 4.43. The summed E-state index contributed by atoms with van der Waals surface area (Å²) in [5.41, 5.74) is 1.54. The molecule has 2 aliphatic rings. The summed E-state index contributed by atoms with van der Waals surface area (Å²) >= 11 is 3.63. The highest BCUT2D eigenvalue weighted by atomic mass is 79.9. The molecule has 0 aromatic heterocycles. The predicted molar refractivity (Wildman–Crippen MR) is 67.3 cm³/mol. The van der Waals surface area contributed by atoms with E-state index in [0.29, 0.717) is 0 Å². The van der Waals surface area contributed by atoms with Gasteiger partial charge in [-0.25, -0.2) is 0 Å². The van der Waals surface area contributed by atoms with Crippen molar-refractivity contribution < 1.29 is 4.79 Å². The summed E-state index contributed by atoms with van der Waals surface area (Å²) in [5.74, 6) is 0.998. The Morgan fingerprint density at radius 1 is 1.31 bits per heavy atom. The van der Waals surface area contributed by atoms with E-state index >= 15 is 0 Å². The van der Waals surface area contributed by atoms with Crippen molar-refractivity contribution >= 4 is 22.2 Å². The minimum absolute atomic E-state index is 0.181. The number of carbonyl (C=O) groups excluding carboxylic acids is 1. The van der Waals surface area contributed by atoms with Gasteiger partial charge in [0.05, 0.1) is 0 Å². The Bertz CT molecular complexity index is 424. The lowest BCUT2D eigenvalue weighted by Crippen LogP contribution is -2.29. The minimum Gasteiger partial charge on any atom is -0.303 e. The summed E-state index contributed by atoms with van der Waals surface area (Å²) in [6, 6.07) is 8.41. The molecule has 0 aliphatic heterocycles. The molecule has 2 unspecified atom stereocenters. The summed E-state index contributed by atoms with van der Waals surface area (Å²) in [7, 11) is 0. The molecule has 0 bridgehead atoms. The molecule has 0 amide bonds. The molecule has 16 heavy (non-hydrogen) atoms. The first-order valence-corrected chi connectivity index (χ1v) is 6.78. The molecule has 0 N–H and O–H groups in total. The minimum atomic E-state index is 0.181. The van der Waals surface area contributed by atoms with Crippen LogP contribution in [0.15, 0.2) is 28.7 Å². The Kier molecular flexibility index (Phi) is 2.43. The van der Waals surface area contributed by atoms with Crippen LogP contribution in [0.4, 0.5) is 0 Å². The maximum absolute atomic E-state index is 11.1. The standard InChI is InChI=1S/C14H15BrO/c15-13-7-2-1-6-12(13)14(8-11(14)9-16)10-4-3-5-10/h1-2,6-7,9-11H,3-5,8H2. The van der Waals surface area contributed by atoms with Crippen molar-refractivity contribution in [2.75, 3.05) is 0 Å². The lowest BCUT2D eigenvalue weighted by atomic mass is 9.69. The maximum Gasteiger partial charge on any atom is 0.124 e. The molecule has 0 saturated heterocycles. The number of hydrogen-bond acceptors (Lipinski definition) is 1. The van der Waals surface area contributed by atoms with Crippen molar-refractivity contribution in [2.45, 2.75) is 31.1 Å². The topological polar surface area (TPSA) is 17.1 Å². The van der Waals surface area contributed by atoms with Gasteiger partial charge in [0.25, 0.3) is 0 Å². The SMILES string of the molecule is O=CC1CC1(c1ccccc1Br)C1CCC1. The maximum atomic E-state index is 11.1. The molecular formula is C14H15BrO. The van der Waals surface area contributed by atoms with Crippen molar-refractivity contribution in [2.24, 2.45) is 11.8 Å². The molecule has 84 valence electrons. The van der Waals surface area contributed by atoms with Gasteiger partial charge in [0, 0.05) is 15.8 Å². The van der Waals surface area contributed by atoms with Gasteiger partial charge in [-0.2, -0.15) is 0 Å². The van der Waals surface area contributed by atoms with E-state index < -0.39 is 0 Å². The van der Waals surface area contributed by atoms with Crippen LogP contribution in [-0.2, 0) is 10.2 Å². The van der Waals surface area contributed by atoms with E-state index in [0.717, 1.165) is 18.6 Å². The third kappa shape index (κ3) is 1.32. The van der Waals surface area contributed by atoms with E-state index in [1.165, 1.54) is 29.3 Å². The number of hydrogen-bond donors (Lipinski definition) is 0. The van der Waals surface area contributed by atoms with Crippen LogP contribution in [0.3, 0.4) is 0 Å². The molecular weight excluding hydrogens is 264 g/mol. The summed E-state index contributed by atoms with van der Waals surface area (Å²) in [6.45, 7) is 0. The zero-order valence-electron chi connectivity index (χ0n) is 9.16. The van der Waals surface area contributed by atoms with Crippen LogP contribution in [-0.4, -0.2) is 6.29 Å². The molecule has 2 heteroatoms. The number of rotatable bonds is 3. The fourth-order valence-corrected chi connectivity index (χ4v) is 3.89. The molecule has 3 rings (SSSR count). The van der Waals surface area contributed by atoms with E-state index in [-0.39, 0.29) is 11.3 Å². The number of benzene rings is 1. The highest BCUT2D eigenvalue weighted by Crippen LogP contribution is 2.64. The smallest absolute Gasteiger partial charge is 0.124 e. The van der Waals surface area contributed by atoms with E-state index in [9.17, 15) is 4.79 Å². The molecule has 2 aliphatic carbocycles. The van der Waals surface area contributed by atoms with Gasteiger partial charge in [0.1, 0.15) is 6.29 Å². The van der Waals surface area contributed by atoms with Crippen LogP contribution in [0, 0.1) is 11.8 Å². The molecule has 2 fully saturated rings. The van der Waals surface area contributed by atoms with Gasteiger partial charge in [-0.1, -0.05) is 40.5 Å². The van der Waals surface area contributed by atoms with Gasteiger partial charge in [0.15, 0.2) is 0 Å². The summed E-state index contributed by atoms with van der Waals surface area (Å²) in [4.78, 5) is 11.1. The first-order chi connectivity index (χ1) is 7.79. The van der Waals surface area contributed by atoms with Crippen LogP contribution in [0.25, 0.3) is 0 Å². The van der Waals surface area contributed by atoms with Crippen molar-refractivity contribution in [1.82, 2.24) is 0 Å². The molecule has 0 radical (unpaired) electrons. The van der Waals surface area contributed by atoms with Gasteiger partial charge in [-0.15, -0.1) is 0 Å². The van der Waals surface area contributed by atoms with Gasteiger partial charge in [0.2, 0.25) is 0 Å². The second-order valence-electron chi connectivity index (χ2n) is 5.09. The highest BCUT2D eigenvalue weighted by Gasteiger charge is 2.61. The van der Waals surface area contributed by atoms with E-state index in [4.69, 9.17) is 0 Å². The fourth-order valence-electron chi connectivity index (χ4n) is 3.24. The zero-order chi connectivity index (χ0) is 11.2. The molecule has 1 nitrogen and oxygen atoms in total. The Labute approximate surface area is 104 Å². The molecule has 0 spiro atoms. The van der Waals surface area contributed by atoms with Crippen LogP contribution >= 0.6 is 15.9 Å². The molecule has 1 aromatic carbocycles. The highest BCUT2D eigenvalue weighted by molar-refractivity contribution is 9.10. The summed E-state index contributed by atoms with van der Waals surface area (Å²) in [5, 5.41) is 0. The fraction of sp³-hybridized carbons (Fsp3) is 0.500. The Balaban J connectivity index is 2.01. The van der Waals surface area contributed by atoms with E-state index in [2.05, 4.69) is 34.1 Å². The molecule has 1 aromatic rings. The molecule has 0 heterocycles. The Morgan fingerprint density at radius 2 is 2.06 bits per heavy atom.